The molecule has 3 aromatic rings. The first kappa shape index (κ1) is 18.5. The van der Waals surface area contributed by atoms with E-state index in [0.29, 0.717) is 17.9 Å². The Hall–Kier alpha value is -3.87. The Bertz CT molecular complexity index is 1070. The molecule has 1 aliphatic rings. The fourth-order valence-corrected chi connectivity index (χ4v) is 3.37. The van der Waals surface area contributed by atoms with Crippen LogP contribution in [0.1, 0.15) is 12.5 Å². The first-order valence-corrected chi connectivity index (χ1v) is 9.07. The van der Waals surface area contributed by atoms with Gasteiger partial charge >= 0.3 is 0 Å². The number of anilines is 1. The van der Waals surface area contributed by atoms with Gasteiger partial charge in [-0.25, -0.2) is 4.98 Å². The van der Waals surface area contributed by atoms with Crippen molar-refractivity contribution in [2.24, 2.45) is 0 Å². The molecule has 0 radical (unpaired) electrons. The Morgan fingerprint density at radius 1 is 1.17 bits per heavy atom. The summed E-state index contributed by atoms with van der Waals surface area (Å²) in [5, 5.41) is 16.1. The van der Waals surface area contributed by atoms with Gasteiger partial charge in [-0.05, 0) is 36.8 Å². The van der Waals surface area contributed by atoms with Gasteiger partial charge in [-0.1, -0.05) is 30.3 Å². The zero-order valence-corrected chi connectivity index (χ0v) is 15.7. The van der Waals surface area contributed by atoms with Gasteiger partial charge in [0.15, 0.2) is 12.2 Å². The molecular formula is C22H19N3O4. The highest BCUT2D eigenvalue weighted by atomic mass is 16.3. The lowest BCUT2D eigenvalue weighted by molar-refractivity contribution is -0.121. The van der Waals surface area contributed by atoms with E-state index in [0.717, 1.165) is 11.1 Å². The molecular weight excluding hydrogens is 370 g/mol. The van der Waals surface area contributed by atoms with Crippen molar-refractivity contribution in [2.45, 2.75) is 18.9 Å². The fraction of sp³-hybridized carbons (Fsp3) is 0.136. The fourth-order valence-electron chi connectivity index (χ4n) is 3.37. The van der Waals surface area contributed by atoms with E-state index in [9.17, 15) is 14.7 Å². The molecule has 0 aliphatic carbocycles. The Morgan fingerprint density at radius 3 is 2.55 bits per heavy atom. The number of hydrogen-bond acceptors (Lipinski definition) is 5. The maximum atomic E-state index is 12.7. The molecule has 1 unspecified atom stereocenters. The maximum absolute atomic E-state index is 12.7. The van der Waals surface area contributed by atoms with Crippen LogP contribution in [0.15, 0.2) is 82.9 Å². The Balaban J connectivity index is 1.52. The lowest BCUT2D eigenvalue weighted by Gasteiger charge is -2.24. The Labute approximate surface area is 167 Å². The molecule has 2 heterocycles. The predicted molar refractivity (Wildman–Crippen MR) is 107 cm³/mol. The molecule has 146 valence electrons. The molecule has 2 amide bonds. The van der Waals surface area contributed by atoms with Gasteiger partial charge in [-0.3, -0.25) is 9.59 Å². The third-order valence-electron chi connectivity index (χ3n) is 4.86. The number of hydrogen-bond donors (Lipinski definition) is 3. The van der Waals surface area contributed by atoms with E-state index in [1.54, 1.807) is 37.4 Å². The zero-order chi connectivity index (χ0) is 20.4. The summed E-state index contributed by atoms with van der Waals surface area (Å²) in [6, 6.07) is 16.3. The average molecular weight is 389 g/mol. The maximum Gasteiger partial charge on any atom is 0.264 e. The van der Waals surface area contributed by atoms with E-state index < -0.39 is 17.4 Å². The number of rotatable bonds is 5. The zero-order valence-electron chi connectivity index (χ0n) is 15.7. The minimum atomic E-state index is -1.04. The molecule has 1 aliphatic heterocycles. The molecule has 29 heavy (non-hydrogen) atoms. The second-order valence-corrected chi connectivity index (χ2v) is 7.07. The van der Waals surface area contributed by atoms with Gasteiger partial charge in [0.1, 0.15) is 11.3 Å². The number of carbonyl (C=O) groups excluding carboxylic acids is 2. The van der Waals surface area contributed by atoms with Gasteiger partial charge in [-0.2, -0.15) is 0 Å². The van der Waals surface area contributed by atoms with Crippen molar-refractivity contribution in [1.82, 2.24) is 10.3 Å². The lowest BCUT2D eigenvalue weighted by Crippen LogP contribution is -2.43. The topological polar surface area (TPSA) is 104 Å². The van der Waals surface area contributed by atoms with E-state index in [1.807, 2.05) is 30.3 Å². The molecule has 0 saturated carbocycles. The first-order chi connectivity index (χ1) is 14.0. The summed E-state index contributed by atoms with van der Waals surface area (Å²) < 4.78 is 5.23. The van der Waals surface area contributed by atoms with Crippen LogP contribution in [0, 0.1) is 0 Å². The van der Waals surface area contributed by atoms with Crippen LogP contribution in [-0.4, -0.2) is 27.4 Å². The van der Waals surface area contributed by atoms with Crippen molar-refractivity contribution in [3.05, 3.63) is 84.1 Å². The van der Waals surface area contributed by atoms with E-state index in [4.69, 9.17) is 4.42 Å². The van der Waals surface area contributed by atoms with E-state index >= 15 is 0 Å². The van der Waals surface area contributed by atoms with E-state index in [1.165, 1.54) is 6.39 Å². The summed E-state index contributed by atoms with van der Waals surface area (Å²) in [4.78, 5) is 29.0. The van der Waals surface area contributed by atoms with E-state index in [-0.39, 0.29) is 11.3 Å². The van der Waals surface area contributed by atoms with Gasteiger partial charge < -0.3 is 20.2 Å². The number of nitrogens with zero attached hydrogens (tertiary/aromatic N) is 1. The Kier molecular flexibility index (Phi) is 4.64. The molecule has 0 fully saturated rings. The molecule has 3 N–H and O–H groups in total. The molecule has 0 bridgehead atoms. The van der Waals surface area contributed by atoms with Crippen LogP contribution >= 0.6 is 0 Å². The summed E-state index contributed by atoms with van der Waals surface area (Å²) in [7, 11) is 0. The second-order valence-electron chi connectivity index (χ2n) is 7.07. The molecule has 2 aromatic carbocycles. The van der Waals surface area contributed by atoms with Gasteiger partial charge in [0, 0.05) is 17.7 Å². The number of carbonyl (C=O) groups is 2. The van der Waals surface area contributed by atoms with Crippen molar-refractivity contribution in [1.29, 1.82) is 0 Å². The monoisotopic (exact) mass is 389 g/mol. The first-order valence-electron chi connectivity index (χ1n) is 9.07. The molecule has 1 aromatic heterocycles. The quantitative estimate of drug-likeness (QED) is 0.581. The highest BCUT2D eigenvalue weighted by molar-refractivity contribution is 6.24. The normalized spacial score (nSPS) is 18.6. The largest absolute Gasteiger partial charge is 0.509 e. The van der Waals surface area contributed by atoms with Crippen molar-refractivity contribution in [2.75, 3.05) is 5.32 Å². The third-order valence-corrected chi connectivity index (χ3v) is 4.86. The number of aliphatic hydroxyl groups excluding tert-OH is 1. The summed E-state index contributed by atoms with van der Waals surface area (Å²) in [6.07, 6.45) is 3.30. The summed E-state index contributed by atoms with van der Waals surface area (Å²) in [6.45, 7) is 1.69. The Morgan fingerprint density at radius 2 is 1.90 bits per heavy atom. The second kappa shape index (κ2) is 7.27. The highest BCUT2D eigenvalue weighted by Crippen LogP contribution is 2.30. The highest BCUT2D eigenvalue weighted by Gasteiger charge is 2.44. The minimum absolute atomic E-state index is 0.262. The van der Waals surface area contributed by atoms with Gasteiger partial charge in [0.05, 0.1) is 11.7 Å². The molecule has 7 heteroatoms. The molecule has 7 nitrogen and oxygen atoms in total. The smallest absolute Gasteiger partial charge is 0.264 e. The molecule has 4 rings (SSSR count). The van der Waals surface area contributed by atoms with Crippen LogP contribution < -0.4 is 10.6 Å². The number of oxazole rings is 1. The predicted octanol–water partition coefficient (Wildman–Crippen LogP) is 3.22. The van der Waals surface area contributed by atoms with Crippen LogP contribution in [0.3, 0.4) is 0 Å². The number of amides is 2. The summed E-state index contributed by atoms with van der Waals surface area (Å²) >= 11 is 0. The van der Waals surface area contributed by atoms with Gasteiger partial charge in [0.2, 0.25) is 0 Å². The average Bonchev–Trinajstić information content (AvgIpc) is 3.30. The molecule has 1 atom stereocenters. The number of benzene rings is 2. The van der Waals surface area contributed by atoms with Crippen LogP contribution in [0.5, 0.6) is 0 Å². The van der Waals surface area contributed by atoms with Crippen LogP contribution in [-0.2, 0) is 16.0 Å². The van der Waals surface area contributed by atoms with Crippen LogP contribution in [0.2, 0.25) is 0 Å². The van der Waals surface area contributed by atoms with Crippen molar-refractivity contribution in [3.8, 4) is 11.3 Å². The molecule has 0 saturated heterocycles. The standard InChI is InChI=1S/C22H19N3O4/c1-22(11-14-5-3-2-4-6-14)19(26)18(21(28)25-22)20(27)24-16-9-7-15(8-10-16)17-12-23-13-29-17/h2-10,12-13,26H,11H2,1H3,(H,24,27)(H,25,28). The number of aromatic nitrogens is 1. The summed E-state index contributed by atoms with van der Waals surface area (Å²) in [5.74, 6) is -0.918. The van der Waals surface area contributed by atoms with Crippen LogP contribution in [0.25, 0.3) is 11.3 Å². The minimum Gasteiger partial charge on any atom is -0.509 e. The molecule has 0 spiro atoms. The number of aliphatic hydroxyl groups is 1. The number of nitrogens with one attached hydrogen (secondary N) is 2. The van der Waals surface area contributed by atoms with Crippen LogP contribution in [0.4, 0.5) is 5.69 Å². The van der Waals surface area contributed by atoms with Crippen molar-refractivity contribution in [3.63, 3.8) is 0 Å². The van der Waals surface area contributed by atoms with Crippen molar-refractivity contribution >= 4 is 17.5 Å². The van der Waals surface area contributed by atoms with E-state index in [2.05, 4.69) is 15.6 Å². The van der Waals surface area contributed by atoms with Gasteiger partial charge in [-0.15, -0.1) is 0 Å². The summed E-state index contributed by atoms with van der Waals surface area (Å²) in [5.41, 5.74) is 0.912. The van der Waals surface area contributed by atoms with Crippen molar-refractivity contribution < 1.29 is 19.1 Å². The SMILES string of the molecule is CC1(Cc2ccccc2)NC(=O)C(C(=O)Nc2ccc(-c3cnco3)cc2)=C1O. The lowest BCUT2D eigenvalue weighted by atomic mass is 9.91. The van der Waals surface area contributed by atoms with Gasteiger partial charge in [0.25, 0.3) is 11.8 Å². The third kappa shape index (κ3) is 3.62.